The van der Waals surface area contributed by atoms with E-state index in [9.17, 15) is 0 Å². The predicted molar refractivity (Wildman–Crippen MR) is 38.0 cm³/mol. The maximum Gasteiger partial charge on any atom is 0.290 e. The molecule has 4 N–H and O–H groups in total. The minimum absolute atomic E-state index is 0. The number of rotatable bonds is 0. The summed E-state index contributed by atoms with van der Waals surface area (Å²) in [6.07, 6.45) is 3.50. The van der Waals surface area contributed by atoms with E-state index >= 15 is 0 Å². The van der Waals surface area contributed by atoms with Crippen molar-refractivity contribution in [2.75, 3.05) is 0 Å². The van der Waals surface area contributed by atoms with Crippen molar-refractivity contribution in [3.63, 3.8) is 0 Å². The van der Waals surface area contributed by atoms with Gasteiger partial charge in [-0.1, -0.05) is 6.07 Å². The molecule has 0 aromatic carbocycles. The van der Waals surface area contributed by atoms with E-state index < -0.39 is 0 Å². The Morgan fingerprint density at radius 1 is 1.20 bits per heavy atom. The van der Waals surface area contributed by atoms with E-state index in [0.717, 1.165) is 0 Å². The average Bonchev–Trinajstić information content (AvgIpc) is 1.93. The summed E-state index contributed by atoms with van der Waals surface area (Å²) in [5, 5.41) is 6.89. The fourth-order valence-electron chi connectivity index (χ4n) is 0.313. The second-order valence-electron chi connectivity index (χ2n) is 1.13. The van der Waals surface area contributed by atoms with Crippen molar-refractivity contribution < 1.29 is 9.90 Å². The molecule has 0 amide bonds. The van der Waals surface area contributed by atoms with Gasteiger partial charge in [-0.2, -0.15) is 0 Å². The first-order chi connectivity index (χ1) is 4.41. The maximum atomic E-state index is 8.36. The molecule has 56 valence electrons. The molecule has 0 radical (unpaired) electrons. The largest absolute Gasteiger partial charge is 0.483 e. The summed E-state index contributed by atoms with van der Waals surface area (Å²) in [5.74, 6) is 0. The monoisotopic (exact) mass is 142 g/mol. The number of nitrogens with zero attached hydrogens (tertiary/aromatic N) is 1. The normalized spacial score (nSPS) is 6.00. The number of carbonyl (C=O) groups is 1. The van der Waals surface area contributed by atoms with Crippen LogP contribution < -0.4 is 6.15 Å². The van der Waals surface area contributed by atoms with E-state index in [2.05, 4.69) is 4.98 Å². The first kappa shape index (κ1) is 11.4. The Balaban J connectivity index is 0. The van der Waals surface area contributed by atoms with Crippen molar-refractivity contribution in [3.8, 4) is 0 Å². The summed E-state index contributed by atoms with van der Waals surface area (Å²) in [7, 11) is 0. The van der Waals surface area contributed by atoms with Gasteiger partial charge >= 0.3 is 0 Å². The van der Waals surface area contributed by atoms with Gasteiger partial charge in [-0.3, -0.25) is 9.78 Å². The number of hydrogen-bond acceptors (Lipinski definition) is 3. The van der Waals surface area contributed by atoms with Crippen LogP contribution in [0, 0.1) is 0 Å². The van der Waals surface area contributed by atoms with Gasteiger partial charge in [0.15, 0.2) is 0 Å². The molecular formula is C6H10N2O2. The Morgan fingerprint density at radius 3 is 1.70 bits per heavy atom. The quantitative estimate of drug-likeness (QED) is 0.528. The van der Waals surface area contributed by atoms with E-state index in [1.807, 2.05) is 18.2 Å². The van der Waals surface area contributed by atoms with Gasteiger partial charge in [0, 0.05) is 12.4 Å². The van der Waals surface area contributed by atoms with Gasteiger partial charge in [0.25, 0.3) is 6.47 Å². The molecule has 10 heavy (non-hydrogen) atoms. The maximum absolute atomic E-state index is 8.36. The number of hydrogen-bond donors (Lipinski definition) is 2. The van der Waals surface area contributed by atoms with Crippen LogP contribution in [0.2, 0.25) is 0 Å². The van der Waals surface area contributed by atoms with Gasteiger partial charge in [0.2, 0.25) is 0 Å². The van der Waals surface area contributed by atoms with E-state index in [1.165, 1.54) is 0 Å². The summed E-state index contributed by atoms with van der Waals surface area (Å²) < 4.78 is 0. The van der Waals surface area contributed by atoms with Crippen LogP contribution in [0.3, 0.4) is 0 Å². The molecule has 1 rings (SSSR count). The van der Waals surface area contributed by atoms with Crippen molar-refractivity contribution in [2.24, 2.45) is 0 Å². The smallest absolute Gasteiger partial charge is 0.290 e. The molecule has 0 aliphatic heterocycles. The fourth-order valence-corrected chi connectivity index (χ4v) is 0.313. The minimum Gasteiger partial charge on any atom is -0.483 e. The zero-order chi connectivity index (χ0) is 6.95. The summed E-state index contributed by atoms with van der Waals surface area (Å²) in [6.45, 7) is -0.250. The van der Waals surface area contributed by atoms with Gasteiger partial charge in [0.1, 0.15) is 0 Å². The van der Waals surface area contributed by atoms with E-state index in [1.54, 1.807) is 12.4 Å². The zero-order valence-corrected chi connectivity index (χ0v) is 5.47. The summed E-state index contributed by atoms with van der Waals surface area (Å²) in [6, 6.07) is 5.72. The van der Waals surface area contributed by atoms with Gasteiger partial charge in [-0.15, -0.1) is 0 Å². The highest BCUT2D eigenvalue weighted by Crippen LogP contribution is 1.73. The zero-order valence-electron chi connectivity index (χ0n) is 5.47. The van der Waals surface area contributed by atoms with Crippen molar-refractivity contribution in [3.05, 3.63) is 30.6 Å². The molecular weight excluding hydrogens is 132 g/mol. The third-order valence-corrected chi connectivity index (χ3v) is 0.566. The summed E-state index contributed by atoms with van der Waals surface area (Å²) in [4.78, 5) is 12.1. The van der Waals surface area contributed by atoms with Crippen LogP contribution in [0.15, 0.2) is 30.6 Å². The number of aromatic nitrogens is 1. The van der Waals surface area contributed by atoms with Crippen LogP contribution in [0.1, 0.15) is 0 Å². The Morgan fingerprint density at radius 2 is 1.60 bits per heavy atom. The lowest BCUT2D eigenvalue weighted by atomic mass is 10.5. The van der Waals surface area contributed by atoms with Gasteiger partial charge in [-0.05, 0) is 12.1 Å². The molecule has 0 saturated carbocycles. The van der Waals surface area contributed by atoms with Gasteiger partial charge < -0.3 is 11.3 Å². The Kier molecular flexibility index (Phi) is 12.0. The van der Waals surface area contributed by atoms with Crippen LogP contribution >= 0.6 is 0 Å². The lowest BCUT2D eigenvalue weighted by molar-refractivity contribution is -0.122. The molecule has 4 heteroatoms. The predicted octanol–water partition coefficient (Wildman–Crippen LogP) is 0.944. The fraction of sp³-hybridized carbons (Fsp3) is 0. The first-order valence-corrected chi connectivity index (χ1v) is 2.34. The Hall–Kier alpha value is -1.42. The van der Waals surface area contributed by atoms with Crippen LogP contribution in [-0.2, 0) is 4.79 Å². The molecule has 0 fully saturated rings. The van der Waals surface area contributed by atoms with Crippen LogP contribution in [0.25, 0.3) is 0 Å². The van der Waals surface area contributed by atoms with Crippen LogP contribution in [0.4, 0.5) is 0 Å². The molecule has 0 aliphatic rings. The minimum atomic E-state index is -0.250. The third-order valence-electron chi connectivity index (χ3n) is 0.566. The standard InChI is InChI=1S/C5H5N.CH2O2.H3N/c1-2-4-6-5-3-1;2-1-3;/h1-5H;1H,(H,2,3);1H3. The number of pyridine rings is 1. The highest BCUT2D eigenvalue weighted by atomic mass is 16.3. The molecule has 0 saturated heterocycles. The van der Waals surface area contributed by atoms with E-state index in [4.69, 9.17) is 9.90 Å². The lowest BCUT2D eigenvalue weighted by Gasteiger charge is -1.70. The van der Waals surface area contributed by atoms with Crippen molar-refractivity contribution in [1.82, 2.24) is 11.1 Å². The highest BCUT2D eigenvalue weighted by Gasteiger charge is 1.58. The molecule has 0 unspecified atom stereocenters. The first-order valence-electron chi connectivity index (χ1n) is 2.34. The van der Waals surface area contributed by atoms with E-state index in [-0.39, 0.29) is 12.6 Å². The molecule has 1 heterocycles. The molecule has 0 spiro atoms. The summed E-state index contributed by atoms with van der Waals surface area (Å²) >= 11 is 0. The van der Waals surface area contributed by atoms with Crippen LogP contribution in [-0.4, -0.2) is 16.6 Å². The summed E-state index contributed by atoms with van der Waals surface area (Å²) in [5.41, 5.74) is 0. The van der Waals surface area contributed by atoms with Gasteiger partial charge in [0.05, 0.1) is 0 Å². The van der Waals surface area contributed by atoms with Crippen molar-refractivity contribution >= 4 is 6.47 Å². The van der Waals surface area contributed by atoms with Crippen molar-refractivity contribution in [2.45, 2.75) is 0 Å². The van der Waals surface area contributed by atoms with E-state index in [0.29, 0.717) is 0 Å². The Bertz CT molecular complexity index is 117. The third kappa shape index (κ3) is 9.77. The molecule has 4 nitrogen and oxygen atoms in total. The Labute approximate surface area is 59.1 Å². The van der Waals surface area contributed by atoms with Crippen molar-refractivity contribution in [1.29, 1.82) is 0 Å². The molecule has 0 aliphatic carbocycles. The highest BCUT2D eigenvalue weighted by molar-refractivity contribution is 5.32. The SMILES string of the molecule is N.O=CO.c1ccncc1. The molecule has 0 atom stereocenters. The molecule has 1 aromatic heterocycles. The average molecular weight is 142 g/mol. The van der Waals surface area contributed by atoms with Gasteiger partial charge in [-0.25, -0.2) is 0 Å². The lowest BCUT2D eigenvalue weighted by Crippen LogP contribution is -1.58. The second kappa shape index (κ2) is 10.5. The second-order valence-corrected chi connectivity index (χ2v) is 1.13. The molecule has 1 aromatic rings. The van der Waals surface area contributed by atoms with Crippen LogP contribution in [0.5, 0.6) is 0 Å². The number of carboxylic acid groups (broad SMARTS) is 1. The topological polar surface area (TPSA) is 85.2 Å². The molecule has 0 bridgehead atoms.